The largest absolute Gasteiger partial charge is 0.444 e. The quantitative estimate of drug-likeness (QED) is 0.384. The van der Waals surface area contributed by atoms with Gasteiger partial charge in [0.15, 0.2) is 0 Å². The molecule has 0 spiro atoms. The van der Waals surface area contributed by atoms with E-state index in [4.69, 9.17) is 17.6 Å². The van der Waals surface area contributed by atoms with Crippen molar-refractivity contribution in [1.29, 1.82) is 0 Å². The third-order valence-corrected chi connectivity index (χ3v) is 5.10. The maximum absolute atomic E-state index is 13.7. The Labute approximate surface area is 210 Å². The molecule has 0 heterocycles. The molecule has 0 bridgehead atoms. The number of nitrogens with one attached hydrogen (secondary N) is 2. The molecule has 0 aliphatic heterocycles. The lowest BCUT2D eigenvalue weighted by Gasteiger charge is -2.32. The molecule has 3 unspecified atom stereocenters. The highest BCUT2D eigenvalue weighted by Crippen LogP contribution is 2.26. The minimum atomic E-state index is -1.17. The van der Waals surface area contributed by atoms with Crippen molar-refractivity contribution < 1.29 is 19.1 Å². The van der Waals surface area contributed by atoms with E-state index in [1.807, 2.05) is 27.7 Å². The SMILES string of the molecule is C#Cc1ccccc1C(C(=O)NC(C)CCC)N(C#C)C(=O)C(CC(C)C)NC(=O)OC(C)(C)C. The second kappa shape index (κ2) is 13.4. The standard InChI is InChI=1S/C28H39N3O4/c1-10-15-20(6)29-25(32)24(22-17-14-13-16-21(22)11-2)31(12-3)26(33)23(18-19(4)5)30-27(34)35-28(7,8)9/h2-3,13-14,16-17,19-20,23-24H,10,15,18H2,1,4-9H3,(H,29,32)(H,30,34). The Kier molecular flexibility index (Phi) is 11.4. The van der Waals surface area contributed by atoms with Crippen molar-refractivity contribution >= 4 is 17.9 Å². The average Bonchev–Trinajstić information content (AvgIpc) is 2.74. The van der Waals surface area contributed by atoms with Crippen LogP contribution in [0.4, 0.5) is 4.79 Å². The van der Waals surface area contributed by atoms with Gasteiger partial charge in [-0.05, 0) is 52.5 Å². The molecule has 1 aromatic rings. The number of benzene rings is 1. The number of nitrogens with zero attached hydrogens (tertiary/aromatic N) is 1. The Morgan fingerprint density at radius 1 is 1.09 bits per heavy atom. The highest BCUT2D eigenvalue weighted by Gasteiger charge is 2.37. The van der Waals surface area contributed by atoms with Gasteiger partial charge in [-0.1, -0.05) is 57.7 Å². The lowest BCUT2D eigenvalue weighted by molar-refractivity contribution is -0.139. The summed E-state index contributed by atoms with van der Waals surface area (Å²) in [6, 6.07) is 6.93. The maximum Gasteiger partial charge on any atom is 0.408 e. The summed E-state index contributed by atoms with van der Waals surface area (Å²) in [5.41, 5.74) is 0.137. The van der Waals surface area contributed by atoms with Gasteiger partial charge in [-0.15, -0.1) is 6.42 Å². The molecule has 190 valence electrons. The zero-order valence-electron chi connectivity index (χ0n) is 22.0. The topological polar surface area (TPSA) is 87.7 Å². The summed E-state index contributed by atoms with van der Waals surface area (Å²) in [6.07, 6.45) is 12.7. The van der Waals surface area contributed by atoms with Crippen molar-refractivity contribution in [1.82, 2.24) is 15.5 Å². The molecule has 0 aliphatic rings. The molecule has 7 nitrogen and oxygen atoms in total. The Bertz CT molecular complexity index is 966. The molecule has 1 aromatic carbocycles. The minimum absolute atomic E-state index is 0.0494. The third-order valence-electron chi connectivity index (χ3n) is 5.10. The lowest BCUT2D eigenvalue weighted by atomic mass is 9.96. The van der Waals surface area contributed by atoms with E-state index in [1.54, 1.807) is 45.0 Å². The van der Waals surface area contributed by atoms with Crippen LogP contribution in [-0.4, -0.2) is 40.5 Å². The monoisotopic (exact) mass is 481 g/mol. The van der Waals surface area contributed by atoms with E-state index in [2.05, 4.69) is 22.6 Å². The van der Waals surface area contributed by atoms with Crippen LogP contribution in [0.2, 0.25) is 0 Å². The lowest BCUT2D eigenvalue weighted by Crippen LogP contribution is -2.52. The van der Waals surface area contributed by atoms with Crippen LogP contribution in [0.5, 0.6) is 0 Å². The minimum Gasteiger partial charge on any atom is -0.444 e. The Morgan fingerprint density at radius 2 is 1.71 bits per heavy atom. The number of alkyl carbamates (subject to hydrolysis) is 1. The van der Waals surface area contributed by atoms with Gasteiger partial charge in [0.25, 0.3) is 5.91 Å². The first-order chi connectivity index (χ1) is 16.3. The van der Waals surface area contributed by atoms with Crippen LogP contribution >= 0.6 is 0 Å². The van der Waals surface area contributed by atoms with E-state index < -0.39 is 35.6 Å². The van der Waals surface area contributed by atoms with E-state index in [-0.39, 0.29) is 12.0 Å². The van der Waals surface area contributed by atoms with Crippen molar-refractivity contribution in [3.63, 3.8) is 0 Å². The van der Waals surface area contributed by atoms with Gasteiger partial charge in [0.1, 0.15) is 17.7 Å². The number of hydrogen-bond donors (Lipinski definition) is 2. The third kappa shape index (κ3) is 9.37. The van der Waals surface area contributed by atoms with Crippen LogP contribution in [0.3, 0.4) is 0 Å². The van der Waals surface area contributed by atoms with Gasteiger partial charge in [-0.2, -0.15) is 0 Å². The maximum atomic E-state index is 13.7. The zero-order valence-corrected chi connectivity index (χ0v) is 22.0. The molecule has 3 atom stereocenters. The highest BCUT2D eigenvalue weighted by atomic mass is 16.6. The summed E-state index contributed by atoms with van der Waals surface area (Å²) in [6.45, 7) is 12.9. The zero-order chi connectivity index (χ0) is 26.8. The summed E-state index contributed by atoms with van der Waals surface area (Å²) in [4.78, 5) is 40.7. The first-order valence-corrected chi connectivity index (χ1v) is 12.0. The van der Waals surface area contributed by atoms with Gasteiger partial charge in [-0.25, -0.2) is 4.79 Å². The number of ether oxygens (including phenoxy) is 1. The molecular weight excluding hydrogens is 442 g/mol. The molecule has 0 fully saturated rings. The molecule has 2 N–H and O–H groups in total. The van der Waals surface area contributed by atoms with Gasteiger partial charge in [-0.3, -0.25) is 14.5 Å². The summed E-state index contributed by atoms with van der Waals surface area (Å²) in [5, 5.41) is 5.58. The van der Waals surface area contributed by atoms with Crippen molar-refractivity contribution in [2.45, 2.75) is 91.5 Å². The fourth-order valence-electron chi connectivity index (χ4n) is 3.67. The fourth-order valence-corrected chi connectivity index (χ4v) is 3.67. The number of rotatable bonds is 10. The Balaban J connectivity index is 3.46. The molecule has 3 amide bonds. The van der Waals surface area contributed by atoms with Crippen LogP contribution in [0.1, 0.15) is 84.9 Å². The van der Waals surface area contributed by atoms with Crippen LogP contribution in [0.25, 0.3) is 0 Å². The summed E-state index contributed by atoms with van der Waals surface area (Å²) in [5.74, 6) is 1.58. The Morgan fingerprint density at radius 3 is 2.23 bits per heavy atom. The first-order valence-electron chi connectivity index (χ1n) is 12.0. The van der Waals surface area contributed by atoms with Crippen molar-refractivity contribution in [3.8, 4) is 24.8 Å². The van der Waals surface area contributed by atoms with Crippen LogP contribution in [-0.2, 0) is 14.3 Å². The highest BCUT2D eigenvalue weighted by molar-refractivity contribution is 5.93. The normalized spacial score (nSPS) is 13.5. The molecule has 7 heteroatoms. The van der Waals surface area contributed by atoms with E-state index in [0.29, 0.717) is 17.5 Å². The Hall–Kier alpha value is -3.45. The van der Waals surface area contributed by atoms with Crippen molar-refractivity contribution in [3.05, 3.63) is 35.4 Å². The van der Waals surface area contributed by atoms with Gasteiger partial charge in [0.2, 0.25) is 5.91 Å². The van der Waals surface area contributed by atoms with Crippen LogP contribution in [0.15, 0.2) is 24.3 Å². The number of amides is 3. The average molecular weight is 482 g/mol. The number of hydrogen-bond acceptors (Lipinski definition) is 4. The second-order valence-corrected chi connectivity index (χ2v) is 10.00. The summed E-state index contributed by atoms with van der Waals surface area (Å²) in [7, 11) is 0. The molecule has 0 saturated heterocycles. The molecule has 1 rings (SSSR count). The number of carbonyl (C=O) groups excluding carboxylic acids is 3. The number of terminal acetylenes is 2. The van der Waals surface area contributed by atoms with Gasteiger partial charge >= 0.3 is 6.09 Å². The predicted molar refractivity (Wildman–Crippen MR) is 138 cm³/mol. The molecular formula is C28H39N3O4. The van der Waals surface area contributed by atoms with Crippen molar-refractivity contribution in [2.24, 2.45) is 5.92 Å². The summed E-state index contributed by atoms with van der Waals surface area (Å²) < 4.78 is 5.34. The van der Waals surface area contributed by atoms with Crippen LogP contribution in [0, 0.1) is 30.7 Å². The molecule has 0 saturated carbocycles. The van der Waals surface area contributed by atoms with E-state index >= 15 is 0 Å². The first kappa shape index (κ1) is 29.6. The van der Waals surface area contributed by atoms with Crippen molar-refractivity contribution in [2.75, 3.05) is 0 Å². The second-order valence-electron chi connectivity index (χ2n) is 10.00. The molecule has 35 heavy (non-hydrogen) atoms. The van der Waals surface area contributed by atoms with Gasteiger partial charge < -0.3 is 15.4 Å². The van der Waals surface area contributed by atoms with Gasteiger partial charge in [0, 0.05) is 23.2 Å². The molecule has 0 radical (unpaired) electrons. The smallest absolute Gasteiger partial charge is 0.408 e. The van der Waals surface area contributed by atoms with Crippen LogP contribution < -0.4 is 10.6 Å². The van der Waals surface area contributed by atoms with Gasteiger partial charge in [0.05, 0.1) is 0 Å². The fraction of sp³-hybridized carbons (Fsp3) is 0.536. The van der Waals surface area contributed by atoms with E-state index in [0.717, 1.165) is 17.7 Å². The molecule has 0 aliphatic carbocycles. The summed E-state index contributed by atoms with van der Waals surface area (Å²) >= 11 is 0. The number of carbonyl (C=O) groups is 3. The predicted octanol–water partition coefficient (Wildman–Crippen LogP) is 4.37. The van der Waals surface area contributed by atoms with E-state index in [1.165, 1.54) is 0 Å². The van der Waals surface area contributed by atoms with E-state index in [9.17, 15) is 14.4 Å². The molecule has 0 aromatic heterocycles.